The molecule has 0 spiro atoms. The molecule has 0 bridgehead atoms. The fourth-order valence-corrected chi connectivity index (χ4v) is 9.24. The molecule has 5 amide bonds. The summed E-state index contributed by atoms with van der Waals surface area (Å²) in [6.45, 7) is 2.72. The molecule has 2 aliphatic rings. The molecular weight excluding hydrogens is 971 g/mol. The van der Waals surface area contributed by atoms with Gasteiger partial charge in [-0.3, -0.25) is 34.1 Å². The fourth-order valence-electron chi connectivity index (χ4n) is 8.00. The van der Waals surface area contributed by atoms with Crippen molar-refractivity contribution >= 4 is 63.0 Å². The van der Waals surface area contributed by atoms with Crippen LogP contribution in [0.4, 0.5) is 0 Å². The van der Waals surface area contributed by atoms with Crippen LogP contribution in [-0.4, -0.2) is 129 Å². The number of phenolic OH excluding ortho intramolecular Hbond substituents is 2. The summed E-state index contributed by atoms with van der Waals surface area (Å²) in [5.74, 6) is 4.58. The Morgan fingerprint density at radius 3 is 2.18 bits per heavy atom. The van der Waals surface area contributed by atoms with Crippen LogP contribution in [0.2, 0.25) is 0 Å². The summed E-state index contributed by atoms with van der Waals surface area (Å²) >= 11 is 1.37. The van der Waals surface area contributed by atoms with Crippen molar-refractivity contribution < 1.29 is 62.7 Å². The van der Waals surface area contributed by atoms with Crippen LogP contribution in [0, 0.1) is 11.8 Å². The number of rotatable bonds is 23. The zero-order chi connectivity index (χ0) is 51.8. The number of amides is 5. The number of ketones is 1. The van der Waals surface area contributed by atoms with Crippen LogP contribution in [0.25, 0.3) is 20.5 Å². The number of aromatic hydroxyl groups is 2. The number of hydrazone groups is 1. The molecule has 380 valence electrons. The number of phenols is 2. The Morgan fingerprint density at radius 1 is 0.784 bits per heavy atom. The topological polar surface area (TPSA) is 241 Å². The molecule has 1 atom stereocenters. The molecule has 8 rings (SSSR count). The molecule has 19 heteroatoms. The number of imide groups is 1. The maximum Gasteiger partial charge on any atom is 0.271 e. The van der Waals surface area contributed by atoms with Gasteiger partial charge in [-0.25, -0.2) is 5.43 Å². The summed E-state index contributed by atoms with van der Waals surface area (Å²) in [5.41, 5.74) is 6.95. The van der Waals surface area contributed by atoms with Gasteiger partial charge in [0.05, 0.1) is 59.0 Å². The zero-order valence-corrected chi connectivity index (χ0v) is 40.7. The number of fused-ring (bicyclic) bond motifs is 2. The van der Waals surface area contributed by atoms with E-state index in [1.54, 1.807) is 103 Å². The predicted octanol–water partition coefficient (Wildman–Crippen LogP) is 5.35. The molecular formula is C55H51N5O13S. The Bertz CT molecular complexity index is 3110. The minimum Gasteiger partial charge on any atom is -0.508 e. The first-order chi connectivity index (χ1) is 36.0. The number of nitrogens with one attached hydrogen (secondary N) is 3. The number of nitrogens with zero attached hydrogens (tertiary/aromatic N) is 2. The Labute approximate surface area is 429 Å². The molecule has 5 aromatic carbocycles. The molecule has 3 heterocycles. The second-order valence-corrected chi connectivity index (χ2v) is 17.8. The van der Waals surface area contributed by atoms with Gasteiger partial charge in [0.25, 0.3) is 11.8 Å². The molecule has 1 aromatic heterocycles. The van der Waals surface area contributed by atoms with E-state index in [1.165, 1.54) is 28.5 Å². The van der Waals surface area contributed by atoms with Crippen LogP contribution in [0.1, 0.15) is 66.2 Å². The molecule has 1 unspecified atom stereocenters. The number of carbonyl (C=O) groups excluding carboxylic acids is 6. The summed E-state index contributed by atoms with van der Waals surface area (Å²) < 4.78 is 28.5. The first-order valence-electron chi connectivity index (χ1n) is 23.6. The SMILES string of the molecule is O=C(COCCOCCOCCOCCOc1ccc(C=NNC(=O)c2ccc(C(=O)c3c(-c4ccc(O)cc4)sc4cc(O)ccc34)cc2)cc1)NCC#Cc1cccc2c1CN(C1CCC(=O)NC1=O)C2=O. The van der Waals surface area contributed by atoms with Gasteiger partial charge in [-0.1, -0.05) is 30.0 Å². The predicted molar refractivity (Wildman–Crippen MR) is 273 cm³/mol. The monoisotopic (exact) mass is 1020 g/mol. The van der Waals surface area contributed by atoms with Crippen LogP contribution >= 0.6 is 11.3 Å². The lowest BCUT2D eigenvalue weighted by atomic mass is 9.97. The summed E-state index contributed by atoms with van der Waals surface area (Å²) in [5, 5.41) is 29.6. The molecule has 1 fully saturated rings. The van der Waals surface area contributed by atoms with Crippen LogP contribution in [0.3, 0.4) is 0 Å². The van der Waals surface area contributed by atoms with E-state index in [1.807, 2.05) is 0 Å². The van der Waals surface area contributed by atoms with Gasteiger partial charge in [0.2, 0.25) is 17.7 Å². The number of thiophene rings is 1. The highest BCUT2D eigenvalue weighted by Gasteiger charge is 2.39. The van der Waals surface area contributed by atoms with Crippen molar-refractivity contribution in [3.05, 3.63) is 148 Å². The van der Waals surface area contributed by atoms with Gasteiger partial charge in [0.1, 0.15) is 36.5 Å². The highest BCUT2D eigenvalue weighted by atomic mass is 32.1. The van der Waals surface area contributed by atoms with Crippen molar-refractivity contribution in [2.24, 2.45) is 5.10 Å². The molecule has 0 saturated carbocycles. The van der Waals surface area contributed by atoms with Crippen LogP contribution in [0.5, 0.6) is 17.2 Å². The third-order valence-corrected chi connectivity index (χ3v) is 12.9. The second-order valence-electron chi connectivity index (χ2n) is 16.8. The average molecular weight is 1020 g/mol. The molecule has 5 N–H and O–H groups in total. The molecule has 74 heavy (non-hydrogen) atoms. The molecule has 18 nitrogen and oxygen atoms in total. The van der Waals surface area contributed by atoms with E-state index in [0.29, 0.717) is 89.0 Å². The van der Waals surface area contributed by atoms with Crippen molar-refractivity contribution in [3.8, 4) is 39.5 Å². The van der Waals surface area contributed by atoms with Gasteiger partial charge in [-0.15, -0.1) is 11.3 Å². The van der Waals surface area contributed by atoms with Gasteiger partial charge < -0.3 is 44.1 Å². The Hall–Kier alpha value is -8.25. The lowest BCUT2D eigenvalue weighted by Crippen LogP contribution is -2.52. The van der Waals surface area contributed by atoms with Gasteiger partial charge in [0, 0.05) is 55.7 Å². The van der Waals surface area contributed by atoms with E-state index in [4.69, 9.17) is 23.7 Å². The fraction of sp³-hybridized carbons (Fsp3) is 0.255. The quantitative estimate of drug-likeness (QED) is 0.0136. The number of hydrogen-bond acceptors (Lipinski definition) is 15. The second kappa shape index (κ2) is 25.4. The van der Waals surface area contributed by atoms with Gasteiger partial charge in [0.15, 0.2) is 5.78 Å². The zero-order valence-electron chi connectivity index (χ0n) is 39.9. The smallest absolute Gasteiger partial charge is 0.271 e. The van der Waals surface area contributed by atoms with Crippen molar-refractivity contribution in [1.82, 2.24) is 21.0 Å². The van der Waals surface area contributed by atoms with Crippen molar-refractivity contribution in [1.29, 1.82) is 0 Å². The van der Waals surface area contributed by atoms with Gasteiger partial charge in [-0.05, 0) is 114 Å². The molecule has 0 radical (unpaired) electrons. The number of carbonyl (C=O) groups is 6. The van der Waals surface area contributed by atoms with E-state index in [9.17, 15) is 39.0 Å². The van der Waals surface area contributed by atoms with E-state index >= 15 is 0 Å². The third kappa shape index (κ3) is 13.6. The van der Waals surface area contributed by atoms with Crippen molar-refractivity contribution in [2.75, 3.05) is 66.0 Å². The summed E-state index contributed by atoms with van der Waals surface area (Å²) in [6, 6.07) is 29.3. The lowest BCUT2D eigenvalue weighted by Gasteiger charge is -2.29. The normalized spacial score (nSPS) is 14.1. The van der Waals surface area contributed by atoms with E-state index in [2.05, 4.69) is 33.0 Å². The first-order valence-corrected chi connectivity index (χ1v) is 24.4. The molecule has 0 aliphatic carbocycles. The molecule has 2 aliphatic heterocycles. The van der Waals surface area contributed by atoms with Crippen LogP contribution in [0.15, 0.2) is 114 Å². The molecule has 6 aromatic rings. The van der Waals surface area contributed by atoms with Crippen LogP contribution < -0.4 is 20.8 Å². The average Bonchev–Trinajstić information content (AvgIpc) is 3.95. The highest BCUT2D eigenvalue weighted by Crippen LogP contribution is 2.41. The van der Waals surface area contributed by atoms with Crippen LogP contribution in [-0.2, 0) is 39.9 Å². The third-order valence-electron chi connectivity index (χ3n) is 11.7. The maximum absolute atomic E-state index is 13.9. The van der Waals surface area contributed by atoms with Gasteiger partial charge >= 0.3 is 0 Å². The summed E-state index contributed by atoms with van der Waals surface area (Å²) in [4.78, 5) is 78.1. The summed E-state index contributed by atoms with van der Waals surface area (Å²) in [7, 11) is 0. The van der Waals surface area contributed by atoms with E-state index in [-0.39, 0.29) is 80.8 Å². The molecule has 1 saturated heterocycles. The minimum atomic E-state index is -0.712. The summed E-state index contributed by atoms with van der Waals surface area (Å²) in [6.07, 6.45) is 1.95. The standard InChI is InChI=1S/C55H51N5O13S/c61-40-14-12-38(13-15-40)52-50(44-19-16-41(62)31-47(44)74-52)51(65)37-8-10-39(11-9-37)53(66)59-57-32-35-6-17-42(18-7-35)73-30-29-71-26-25-69-23-24-70-27-28-72-34-49(64)56-22-2-4-36-3-1-5-43-45(36)33-60(55(43)68)46-20-21-48(63)58-54(46)67/h1,3,5-19,31-32,46,61-62H,20-30,33-34H2,(H,56,64)(H,59,66)(H,58,63,67). The Balaban J connectivity index is 0.637. The van der Waals surface area contributed by atoms with E-state index in [0.717, 1.165) is 15.8 Å². The highest BCUT2D eigenvalue weighted by molar-refractivity contribution is 7.22. The van der Waals surface area contributed by atoms with Crippen molar-refractivity contribution in [2.45, 2.75) is 25.4 Å². The Kier molecular flexibility index (Phi) is 17.9. The largest absolute Gasteiger partial charge is 0.508 e. The minimum absolute atomic E-state index is 0.0720. The number of piperidine rings is 1. The van der Waals surface area contributed by atoms with E-state index < -0.39 is 17.9 Å². The number of ether oxygens (including phenoxy) is 5. The maximum atomic E-state index is 13.9. The number of hydrogen-bond donors (Lipinski definition) is 5. The number of benzene rings is 5. The lowest BCUT2D eigenvalue weighted by molar-refractivity contribution is -0.137. The first kappa shape index (κ1) is 52.1. The van der Waals surface area contributed by atoms with Crippen molar-refractivity contribution in [3.63, 3.8) is 0 Å². The Morgan fingerprint density at radius 2 is 1.46 bits per heavy atom. The van der Waals surface area contributed by atoms with Gasteiger partial charge in [-0.2, -0.15) is 5.10 Å².